The second kappa shape index (κ2) is 8.49. The molecule has 144 valence electrons. The van der Waals surface area contributed by atoms with Crippen molar-refractivity contribution in [3.05, 3.63) is 53.0 Å². The summed E-state index contributed by atoms with van der Waals surface area (Å²) in [6, 6.07) is 4.14. The summed E-state index contributed by atoms with van der Waals surface area (Å²) in [7, 11) is 1.13. The number of hydrogen-bond donors (Lipinski definition) is 0. The van der Waals surface area contributed by atoms with Gasteiger partial charge in [-0.05, 0) is 42.7 Å². The molecular weight excluding hydrogens is 363 g/mol. The maximum Gasteiger partial charge on any atom is 0.356 e. The first-order valence-corrected chi connectivity index (χ1v) is 8.42. The molecule has 1 fully saturated rings. The van der Waals surface area contributed by atoms with Gasteiger partial charge in [-0.1, -0.05) is 0 Å². The molecule has 1 saturated heterocycles. The van der Waals surface area contributed by atoms with Crippen LogP contribution in [0.15, 0.2) is 24.3 Å². The number of carbonyl (C=O) groups is 1. The van der Waals surface area contributed by atoms with Crippen molar-refractivity contribution >= 4 is 5.97 Å². The fraction of sp³-hybridized carbons (Fsp3) is 0.368. The molecule has 0 N–H and O–H groups in total. The van der Waals surface area contributed by atoms with Gasteiger partial charge in [0.2, 0.25) is 0 Å². The summed E-state index contributed by atoms with van der Waals surface area (Å²) in [5, 5.41) is 0. The van der Waals surface area contributed by atoms with Crippen LogP contribution >= 0.6 is 0 Å². The zero-order valence-electron chi connectivity index (χ0n) is 14.6. The number of methoxy groups -OCH3 is 1. The highest BCUT2D eigenvalue weighted by Crippen LogP contribution is 2.29. The highest BCUT2D eigenvalue weighted by molar-refractivity contribution is 5.87. The Hall–Kier alpha value is -2.45. The summed E-state index contributed by atoms with van der Waals surface area (Å²) in [6.07, 6.45) is 1.41. The lowest BCUT2D eigenvalue weighted by molar-refractivity contribution is -0.0391. The minimum atomic E-state index is -0.992. The molecule has 0 spiro atoms. The van der Waals surface area contributed by atoms with Gasteiger partial charge in [0.25, 0.3) is 0 Å². The van der Waals surface area contributed by atoms with Crippen molar-refractivity contribution in [3.63, 3.8) is 0 Å². The van der Waals surface area contributed by atoms with Crippen molar-refractivity contribution < 1.29 is 32.2 Å². The molecule has 0 radical (unpaired) electrons. The number of benzene rings is 1. The fourth-order valence-corrected chi connectivity index (χ4v) is 2.83. The van der Waals surface area contributed by atoms with E-state index in [1.807, 2.05) is 0 Å². The molecule has 0 amide bonds. The quantitative estimate of drug-likeness (QED) is 0.740. The van der Waals surface area contributed by atoms with E-state index in [9.17, 15) is 18.0 Å². The molecule has 0 aliphatic carbocycles. The van der Waals surface area contributed by atoms with Crippen molar-refractivity contribution in [2.75, 3.05) is 20.3 Å². The number of ether oxygens (including phenoxy) is 3. The summed E-state index contributed by atoms with van der Waals surface area (Å²) in [4.78, 5) is 15.3. The molecule has 3 rings (SSSR count). The number of nitrogens with zero attached hydrogens (tertiary/aromatic N) is 1. The lowest BCUT2D eigenvalue weighted by atomic mass is 10.1. The smallest absolute Gasteiger partial charge is 0.356 e. The molecular formula is C19H18F3NO4. The van der Waals surface area contributed by atoms with Crippen LogP contribution in [0.1, 0.15) is 28.9 Å². The molecule has 5 nitrogen and oxygen atoms in total. The molecule has 1 aromatic carbocycles. The Kier molecular flexibility index (Phi) is 6.08. The Morgan fingerprint density at radius 3 is 2.44 bits per heavy atom. The van der Waals surface area contributed by atoms with Gasteiger partial charge in [0, 0.05) is 13.2 Å². The van der Waals surface area contributed by atoms with E-state index < -0.39 is 34.7 Å². The Morgan fingerprint density at radius 1 is 1.15 bits per heavy atom. The molecule has 0 saturated carbocycles. The molecule has 2 heterocycles. The van der Waals surface area contributed by atoms with Crippen LogP contribution in [0.3, 0.4) is 0 Å². The molecule has 1 aliphatic rings. The van der Waals surface area contributed by atoms with Gasteiger partial charge in [-0.2, -0.15) is 0 Å². The predicted octanol–water partition coefficient (Wildman–Crippen LogP) is 3.65. The summed E-state index contributed by atoms with van der Waals surface area (Å²) in [5.41, 5.74) is -1.21. The molecule has 0 atom stereocenters. The second-order valence-corrected chi connectivity index (χ2v) is 6.08. The highest BCUT2D eigenvalue weighted by atomic mass is 19.1. The van der Waals surface area contributed by atoms with Gasteiger partial charge in [0.1, 0.15) is 28.8 Å². The number of pyridine rings is 1. The Morgan fingerprint density at radius 2 is 1.81 bits per heavy atom. The van der Waals surface area contributed by atoms with Gasteiger partial charge in [-0.15, -0.1) is 0 Å². The number of hydrogen-bond acceptors (Lipinski definition) is 5. The van der Waals surface area contributed by atoms with Crippen LogP contribution in [0.5, 0.6) is 0 Å². The molecule has 2 aromatic rings. The summed E-state index contributed by atoms with van der Waals surface area (Å²) in [6.45, 7) is 1.21. The molecule has 8 heteroatoms. The van der Waals surface area contributed by atoms with Gasteiger partial charge in [-0.25, -0.2) is 22.9 Å². The minimum Gasteiger partial charge on any atom is -0.464 e. The van der Waals surface area contributed by atoms with Gasteiger partial charge in [0.05, 0.1) is 25.4 Å². The Labute approximate surface area is 154 Å². The third-order valence-corrected chi connectivity index (χ3v) is 4.23. The lowest BCUT2D eigenvalue weighted by Gasteiger charge is -2.22. The van der Waals surface area contributed by atoms with Crippen LogP contribution in [0, 0.1) is 17.5 Å². The first-order valence-electron chi connectivity index (χ1n) is 8.42. The van der Waals surface area contributed by atoms with Gasteiger partial charge >= 0.3 is 5.97 Å². The lowest BCUT2D eigenvalue weighted by Crippen LogP contribution is -2.23. The average Bonchev–Trinajstić information content (AvgIpc) is 2.67. The normalized spacial score (nSPS) is 15.0. The van der Waals surface area contributed by atoms with E-state index in [4.69, 9.17) is 9.47 Å². The standard InChI is InChI=1S/C19H18F3NO4/c1-25-19(24)16-3-2-13(20)18(23-16)17-14(21)8-11(9-15(17)22)10-27-12-4-6-26-7-5-12/h2-3,8-9,12H,4-7,10H2,1H3. The van der Waals surface area contributed by atoms with Crippen molar-refractivity contribution in [1.82, 2.24) is 4.98 Å². The van der Waals surface area contributed by atoms with Crippen LogP contribution < -0.4 is 0 Å². The van der Waals surface area contributed by atoms with Crippen molar-refractivity contribution in [3.8, 4) is 11.3 Å². The summed E-state index contributed by atoms with van der Waals surface area (Å²) >= 11 is 0. The highest BCUT2D eigenvalue weighted by Gasteiger charge is 2.21. The Balaban J connectivity index is 1.85. The van der Waals surface area contributed by atoms with Crippen molar-refractivity contribution in [2.24, 2.45) is 0 Å². The van der Waals surface area contributed by atoms with E-state index >= 15 is 0 Å². The largest absolute Gasteiger partial charge is 0.464 e. The van der Waals surface area contributed by atoms with Gasteiger partial charge in [-0.3, -0.25) is 0 Å². The van der Waals surface area contributed by atoms with Gasteiger partial charge < -0.3 is 14.2 Å². The van der Waals surface area contributed by atoms with Crippen molar-refractivity contribution in [2.45, 2.75) is 25.6 Å². The van der Waals surface area contributed by atoms with Crippen LogP contribution in [0.4, 0.5) is 13.2 Å². The monoisotopic (exact) mass is 381 g/mol. The van der Waals surface area contributed by atoms with Crippen LogP contribution in [0.2, 0.25) is 0 Å². The molecule has 0 unspecified atom stereocenters. The molecule has 0 bridgehead atoms. The maximum absolute atomic E-state index is 14.5. The number of halogens is 3. The molecule has 27 heavy (non-hydrogen) atoms. The molecule has 1 aliphatic heterocycles. The van der Waals surface area contributed by atoms with Crippen LogP contribution in [-0.2, 0) is 20.8 Å². The third kappa shape index (κ3) is 4.45. The van der Waals surface area contributed by atoms with E-state index in [2.05, 4.69) is 9.72 Å². The van der Waals surface area contributed by atoms with Crippen molar-refractivity contribution in [1.29, 1.82) is 0 Å². The fourth-order valence-electron chi connectivity index (χ4n) is 2.83. The number of aromatic nitrogens is 1. The van der Waals surface area contributed by atoms with Crippen LogP contribution in [0.25, 0.3) is 11.3 Å². The average molecular weight is 381 g/mol. The van der Waals surface area contributed by atoms with E-state index in [0.29, 0.717) is 13.2 Å². The molecule has 1 aromatic heterocycles. The summed E-state index contributed by atoms with van der Waals surface area (Å²) in [5.74, 6) is -3.77. The topological polar surface area (TPSA) is 57.7 Å². The minimum absolute atomic E-state index is 0.0247. The SMILES string of the molecule is COC(=O)c1ccc(F)c(-c2c(F)cc(COC3CCOCC3)cc2F)n1. The van der Waals surface area contributed by atoms with E-state index in [0.717, 1.165) is 44.2 Å². The Bertz CT molecular complexity index is 815. The number of carbonyl (C=O) groups excluding carboxylic acids is 1. The van der Waals surface area contributed by atoms with E-state index in [1.165, 1.54) is 0 Å². The summed E-state index contributed by atoms with van der Waals surface area (Å²) < 4.78 is 58.5. The van der Waals surface area contributed by atoms with Gasteiger partial charge in [0.15, 0.2) is 0 Å². The maximum atomic E-state index is 14.5. The van der Waals surface area contributed by atoms with E-state index in [1.54, 1.807) is 0 Å². The second-order valence-electron chi connectivity index (χ2n) is 6.08. The third-order valence-electron chi connectivity index (χ3n) is 4.23. The number of rotatable bonds is 5. The van der Waals surface area contributed by atoms with Crippen LogP contribution in [-0.4, -0.2) is 37.4 Å². The van der Waals surface area contributed by atoms with E-state index in [-0.39, 0.29) is 24.0 Å². The zero-order chi connectivity index (χ0) is 19.4. The first-order chi connectivity index (χ1) is 13.0. The predicted molar refractivity (Wildman–Crippen MR) is 89.5 cm³/mol. The zero-order valence-corrected chi connectivity index (χ0v) is 14.6. The number of esters is 1. The first kappa shape index (κ1) is 19.3.